The van der Waals surface area contributed by atoms with Crippen molar-refractivity contribution in [2.75, 3.05) is 6.54 Å². The second-order valence-electron chi connectivity index (χ2n) is 3.61. The molecule has 16 heavy (non-hydrogen) atoms. The van der Waals surface area contributed by atoms with Crippen molar-refractivity contribution < 1.29 is 5.11 Å². The number of rotatable bonds is 3. The lowest BCUT2D eigenvalue weighted by atomic mass is 10.2. The third-order valence-electron chi connectivity index (χ3n) is 2.41. The van der Waals surface area contributed by atoms with Crippen LogP contribution in [0.5, 0.6) is 0 Å². The summed E-state index contributed by atoms with van der Waals surface area (Å²) >= 11 is 0. The molecule has 5 heteroatoms. The lowest BCUT2D eigenvalue weighted by molar-refractivity contribution is 0.160. The average Bonchev–Trinajstić information content (AvgIpc) is 2.33. The third kappa shape index (κ3) is 1.95. The van der Waals surface area contributed by atoms with E-state index in [4.69, 9.17) is 5.73 Å². The predicted octanol–water partition coefficient (Wildman–Crippen LogP) is -0.284. The summed E-state index contributed by atoms with van der Waals surface area (Å²) in [6, 6.07) is 7.11. The number of aliphatic hydroxyl groups is 1. The Morgan fingerprint density at radius 3 is 2.94 bits per heavy atom. The van der Waals surface area contributed by atoms with Crippen molar-refractivity contribution in [3.8, 4) is 0 Å². The van der Waals surface area contributed by atoms with Gasteiger partial charge in [0.15, 0.2) is 0 Å². The number of nitrogens with two attached hydrogens (primary N) is 1. The molecule has 0 bridgehead atoms. The lowest BCUT2D eigenvalue weighted by Gasteiger charge is -2.10. The van der Waals surface area contributed by atoms with Gasteiger partial charge in [0.2, 0.25) is 0 Å². The molecule has 0 saturated heterocycles. The number of nitrogens with zero attached hydrogens (tertiary/aromatic N) is 2. The zero-order valence-corrected chi connectivity index (χ0v) is 8.71. The molecule has 0 aliphatic carbocycles. The molecule has 0 spiro atoms. The van der Waals surface area contributed by atoms with Crippen LogP contribution < -0.4 is 11.3 Å². The molecule has 0 saturated carbocycles. The summed E-state index contributed by atoms with van der Waals surface area (Å²) in [7, 11) is 0. The summed E-state index contributed by atoms with van der Waals surface area (Å²) < 4.78 is 1.37. The molecule has 0 fully saturated rings. The van der Waals surface area contributed by atoms with E-state index >= 15 is 0 Å². The fraction of sp³-hybridized carbons (Fsp3) is 0.273. The lowest BCUT2D eigenvalue weighted by Crippen LogP contribution is -2.31. The second-order valence-corrected chi connectivity index (χ2v) is 3.61. The minimum absolute atomic E-state index is 0.124. The van der Waals surface area contributed by atoms with Crippen LogP contribution in [-0.2, 0) is 6.54 Å². The first kappa shape index (κ1) is 10.8. The van der Waals surface area contributed by atoms with E-state index in [9.17, 15) is 9.90 Å². The van der Waals surface area contributed by atoms with Crippen LogP contribution in [0.2, 0.25) is 0 Å². The van der Waals surface area contributed by atoms with Crippen LogP contribution >= 0.6 is 0 Å². The van der Waals surface area contributed by atoms with Gasteiger partial charge in [0.1, 0.15) is 0 Å². The molecule has 0 aliphatic rings. The van der Waals surface area contributed by atoms with Crippen LogP contribution in [0.15, 0.2) is 35.4 Å². The number of benzene rings is 1. The Balaban J connectivity index is 2.49. The van der Waals surface area contributed by atoms with E-state index in [2.05, 4.69) is 4.98 Å². The van der Waals surface area contributed by atoms with Gasteiger partial charge in [-0.2, -0.15) is 0 Å². The maximum absolute atomic E-state index is 12.0. The minimum atomic E-state index is -0.722. The summed E-state index contributed by atoms with van der Waals surface area (Å²) in [6.07, 6.45) is 0.712. The van der Waals surface area contributed by atoms with Gasteiger partial charge >= 0.3 is 0 Å². The summed E-state index contributed by atoms with van der Waals surface area (Å²) in [5, 5.41) is 9.95. The molecule has 1 atom stereocenters. The van der Waals surface area contributed by atoms with Crippen molar-refractivity contribution in [2.24, 2.45) is 5.73 Å². The number of hydrogen-bond acceptors (Lipinski definition) is 4. The molecule has 3 N–H and O–H groups in total. The second kappa shape index (κ2) is 4.42. The maximum atomic E-state index is 12.0. The molecule has 0 aliphatic heterocycles. The smallest absolute Gasteiger partial charge is 0.261 e. The van der Waals surface area contributed by atoms with Crippen LogP contribution in [0.4, 0.5) is 0 Å². The Labute approximate surface area is 92.2 Å². The molecule has 2 rings (SSSR count). The number of para-hydroxylation sites is 1. The first-order valence-electron chi connectivity index (χ1n) is 5.04. The molecule has 1 aromatic carbocycles. The fourth-order valence-corrected chi connectivity index (χ4v) is 1.54. The number of fused-ring (bicyclic) bond motifs is 1. The van der Waals surface area contributed by atoms with E-state index in [-0.39, 0.29) is 18.6 Å². The highest BCUT2D eigenvalue weighted by Gasteiger charge is 2.06. The van der Waals surface area contributed by atoms with Gasteiger partial charge in [-0.25, -0.2) is 4.98 Å². The highest BCUT2D eigenvalue weighted by Crippen LogP contribution is 2.04. The molecule has 0 radical (unpaired) electrons. The van der Waals surface area contributed by atoms with Gasteiger partial charge in [0.25, 0.3) is 5.56 Å². The van der Waals surface area contributed by atoms with Gasteiger partial charge in [-0.3, -0.25) is 9.36 Å². The molecule has 2 aromatic rings. The van der Waals surface area contributed by atoms with Crippen molar-refractivity contribution in [3.63, 3.8) is 0 Å². The topological polar surface area (TPSA) is 81.1 Å². The van der Waals surface area contributed by atoms with Crippen molar-refractivity contribution in [1.29, 1.82) is 0 Å². The Kier molecular flexibility index (Phi) is 2.98. The summed E-state index contributed by atoms with van der Waals surface area (Å²) in [4.78, 5) is 16.1. The fourth-order valence-electron chi connectivity index (χ4n) is 1.54. The van der Waals surface area contributed by atoms with E-state index in [0.717, 1.165) is 0 Å². The number of aliphatic hydroxyl groups excluding tert-OH is 1. The van der Waals surface area contributed by atoms with Gasteiger partial charge in [-0.05, 0) is 12.1 Å². The van der Waals surface area contributed by atoms with Crippen LogP contribution in [-0.4, -0.2) is 27.3 Å². The molecular formula is C11H13N3O2. The van der Waals surface area contributed by atoms with E-state index < -0.39 is 6.10 Å². The highest BCUT2D eigenvalue weighted by molar-refractivity contribution is 5.76. The number of hydrogen-bond donors (Lipinski definition) is 2. The van der Waals surface area contributed by atoms with Crippen LogP contribution in [0.1, 0.15) is 0 Å². The molecule has 1 heterocycles. The highest BCUT2D eigenvalue weighted by atomic mass is 16.3. The zero-order valence-electron chi connectivity index (χ0n) is 8.71. The molecule has 1 aromatic heterocycles. The van der Waals surface area contributed by atoms with Gasteiger partial charge in [0, 0.05) is 6.54 Å². The van der Waals surface area contributed by atoms with Crippen molar-refractivity contribution in [2.45, 2.75) is 12.6 Å². The Morgan fingerprint density at radius 2 is 2.19 bits per heavy atom. The maximum Gasteiger partial charge on any atom is 0.261 e. The molecule has 84 valence electrons. The predicted molar refractivity (Wildman–Crippen MR) is 61.1 cm³/mol. The van der Waals surface area contributed by atoms with E-state index in [0.29, 0.717) is 10.9 Å². The van der Waals surface area contributed by atoms with Crippen molar-refractivity contribution >= 4 is 10.9 Å². The third-order valence-corrected chi connectivity index (χ3v) is 2.41. The Morgan fingerprint density at radius 1 is 1.44 bits per heavy atom. The van der Waals surface area contributed by atoms with Crippen LogP contribution in [0.3, 0.4) is 0 Å². The quantitative estimate of drug-likeness (QED) is 0.743. The summed E-state index contributed by atoms with van der Waals surface area (Å²) in [5.74, 6) is 0. The van der Waals surface area contributed by atoms with Crippen LogP contribution in [0.25, 0.3) is 10.9 Å². The standard InChI is InChI=1S/C11H13N3O2/c12-5-8(15)6-14-7-13-10-4-2-1-3-9(10)11(14)16/h1-4,7-8,15H,5-6,12H2. The average molecular weight is 219 g/mol. The first-order chi connectivity index (χ1) is 7.72. The normalized spacial score (nSPS) is 12.9. The van der Waals surface area contributed by atoms with Gasteiger partial charge < -0.3 is 10.8 Å². The Hall–Kier alpha value is -1.72. The van der Waals surface area contributed by atoms with Crippen LogP contribution in [0, 0.1) is 0 Å². The van der Waals surface area contributed by atoms with E-state index in [1.807, 2.05) is 6.07 Å². The molecular weight excluding hydrogens is 206 g/mol. The molecule has 0 amide bonds. The van der Waals surface area contributed by atoms with E-state index in [1.54, 1.807) is 18.2 Å². The molecule has 5 nitrogen and oxygen atoms in total. The van der Waals surface area contributed by atoms with Crippen molar-refractivity contribution in [3.05, 3.63) is 40.9 Å². The SMILES string of the molecule is NCC(O)Cn1cnc2ccccc2c1=O. The first-order valence-corrected chi connectivity index (χ1v) is 5.04. The summed E-state index contributed by atoms with van der Waals surface area (Å²) in [6.45, 7) is 0.298. The van der Waals surface area contributed by atoms with Gasteiger partial charge in [-0.1, -0.05) is 12.1 Å². The zero-order chi connectivity index (χ0) is 11.5. The molecule has 1 unspecified atom stereocenters. The summed E-state index contributed by atoms with van der Waals surface area (Å²) in [5.41, 5.74) is 5.80. The number of aromatic nitrogens is 2. The van der Waals surface area contributed by atoms with Gasteiger partial charge in [0.05, 0.1) is 29.9 Å². The van der Waals surface area contributed by atoms with Crippen molar-refractivity contribution in [1.82, 2.24) is 9.55 Å². The van der Waals surface area contributed by atoms with E-state index in [1.165, 1.54) is 10.9 Å². The Bertz CT molecular complexity index is 550. The minimum Gasteiger partial charge on any atom is -0.390 e. The largest absolute Gasteiger partial charge is 0.390 e. The van der Waals surface area contributed by atoms with Gasteiger partial charge in [-0.15, -0.1) is 0 Å². The monoisotopic (exact) mass is 219 g/mol.